The van der Waals surface area contributed by atoms with Crippen LogP contribution in [0.25, 0.3) is 0 Å². The van der Waals surface area contributed by atoms with Gasteiger partial charge in [-0.2, -0.15) is 0 Å². The molecule has 2 unspecified atom stereocenters. The Kier molecular flexibility index (Phi) is 2.43. The maximum Gasteiger partial charge on any atom is 0.180 e. The highest BCUT2D eigenvalue weighted by Gasteiger charge is 2.73. The Balaban J connectivity index is 1.51. The van der Waals surface area contributed by atoms with Gasteiger partial charge in [-0.05, 0) is 11.1 Å². The molecule has 3 aliphatic rings. The van der Waals surface area contributed by atoms with Crippen molar-refractivity contribution in [2.45, 2.75) is 23.6 Å². The predicted octanol–water partition coefficient (Wildman–Crippen LogP) is 1.37. The van der Waals surface area contributed by atoms with Gasteiger partial charge in [-0.15, -0.1) is 0 Å². The van der Waals surface area contributed by atoms with Gasteiger partial charge in [0.05, 0.1) is 5.54 Å². The summed E-state index contributed by atoms with van der Waals surface area (Å²) in [4.78, 5) is 2.28. The SMILES string of the molecule is O[C@@H]1OC([C@]2(c3ccccc3)CN2)[N@@]2CC12c1ccccc1. The van der Waals surface area contributed by atoms with Gasteiger partial charge in [0.15, 0.2) is 6.29 Å². The third kappa shape index (κ3) is 1.50. The maximum absolute atomic E-state index is 10.6. The van der Waals surface area contributed by atoms with Crippen molar-refractivity contribution in [2.75, 3.05) is 13.1 Å². The molecule has 3 aliphatic heterocycles. The Bertz CT molecular complexity index is 702. The number of fused-ring (bicyclic) bond motifs is 1. The first-order valence-corrected chi connectivity index (χ1v) is 7.74. The number of nitrogens with zero attached hydrogens (tertiary/aromatic N) is 1. The zero-order valence-corrected chi connectivity index (χ0v) is 12.1. The lowest BCUT2D eigenvalue weighted by molar-refractivity contribution is -0.134. The molecule has 0 amide bonds. The summed E-state index contributed by atoms with van der Waals surface area (Å²) in [7, 11) is 0. The lowest BCUT2D eigenvalue weighted by atomic mass is 9.97. The van der Waals surface area contributed by atoms with Crippen molar-refractivity contribution in [1.82, 2.24) is 10.2 Å². The van der Waals surface area contributed by atoms with Crippen molar-refractivity contribution in [1.29, 1.82) is 0 Å². The van der Waals surface area contributed by atoms with Gasteiger partial charge < -0.3 is 15.2 Å². The van der Waals surface area contributed by atoms with Crippen molar-refractivity contribution in [3.05, 3.63) is 71.8 Å². The number of ether oxygens (including phenoxy) is 1. The van der Waals surface area contributed by atoms with E-state index in [0.717, 1.165) is 18.7 Å². The zero-order valence-electron chi connectivity index (χ0n) is 12.1. The van der Waals surface area contributed by atoms with E-state index >= 15 is 0 Å². The van der Waals surface area contributed by atoms with E-state index in [1.807, 2.05) is 24.3 Å². The Morgan fingerprint density at radius 3 is 2.14 bits per heavy atom. The fourth-order valence-corrected chi connectivity index (χ4v) is 3.91. The van der Waals surface area contributed by atoms with Crippen LogP contribution in [0.15, 0.2) is 60.7 Å². The molecule has 5 rings (SSSR count). The third-order valence-corrected chi connectivity index (χ3v) is 5.31. The molecule has 0 spiro atoms. The standard InChI is InChI=1S/C18H18N2O2/c21-16-18(14-9-5-2-6-10-14)12-20(18)15(22-16)17(11-19-17)13-7-3-1-4-8-13/h1-10,15-16,19,21H,11-12H2/t15?,16-,17-,18?,20-/m1/s1. The predicted molar refractivity (Wildman–Crippen MR) is 81.8 cm³/mol. The van der Waals surface area contributed by atoms with Gasteiger partial charge in [-0.25, -0.2) is 0 Å². The van der Waals surface area contributed by atoms with Gasteiger partial charge in [-0.3, -0.25) is 4.90 Å². The molecular weight excluding hydrogens is 276 g/mol. The van der Waals surface area contributed by atoms with E-state index in [1.54, 1.807) is 0 Å². The normalized spacial score (nSPS) is 42.0. The van der Waals surface area contributed by atoms with Crippen LogP contribution in [0.3, 0.4) is 0 Å². The topological polar surface area (TPSA) is 54.4 Å². The Morgan fingerprint density at radius 2 is 1.59 bits per heavy atom. The van der Waals surface area contributed by atoms with Crippen molar-refractivity contribution in [3.63, 3.8) is 0 Å². The Labute approximate surface area is 129 Å². The van der Waals surface area contributed by atoms with Crippen molar-refractivity contribution >= 4 is 0 Å². The second-order valence-electron chi connectivity index (χ2n) is 6.45. The molecule has 4 nitrogen and oxygen atoms in total. The third-order valence-electron chi connectivity index (χ3n) is 5.31. The van der Waals surface area contributed by atoms with Gasteiger partial charge in [0, 0.05) is 13.1 Å². The summed E-state index contributed by atoms with van der Waals surface area (Å²) in [6.07, 6.45) is -0.895. The second kappa shape index (κ2) is 4.18. The van der Waals surface area contributed by atoms with Crippen LogP contribution in [0, 0.1) is 0 Å². The van der Waals surface area contributed by atoms with E-state index in [9.17, 15) is 5.11 Å². The first-order valence-electron chi connectivity index (χ1n) is 7.74. The van der Waals surface area contributed by atoms with E-state index in [4.69, 9.17) is 4.74 Å². The molecule has 0 aliphatic carbocycles. The molecule has 0 radical (unpaired) electrons. The van der Waals surface area contributed by atoms with Crippen molar-refractivity contribution < 1.29 is 9.84 Å². The second-order valence-corrected chi connectivity index (χ2v) is 6.45. The van der Waals surface area contributed by atoms with Crippen LogP contribution in [-0.2, 0) is 15.8 Å². The van der Waals surface area contributed by atoms with Crippen LogP contribution in [-0.4, -0.2) is 35.6 Å². The van der Waals surface area contributed by atoms with E-state index in [0.29, 0.717) is 0 Å². The molecule has 2 N–H and O–H groups in total. The summed E-state index contributed by atoms with van der Waals surface area (Å²) in [6, 6.07) is 20.6. The van der Waals surface area contributed by atoms with Gasteiger partial charge in [0.1, 0.15) is 11.8 Å². The average Bonchev–Trinajstić information content (AvgIpc) is 3.49. The highest BCUT2D eigenvalue weighted by molar-refractivity contribution is 5.40. The van der Waals surface area contributed by atoms with E-state index in [1.165, 1.54) is 5.56 Å². The summed E-state index contributed by atoms with van der Waals surface area (Å²) in [5.74, 6) is 0. The minimum Gasteiger partial charge on any atom is -0.366 e. The smallest absolute Gasteiger partial charge is 0.180 e. The number of nitrogens with one attached hydrogen (secondary N) is 1. The molecule has 3 fully saturated rings. The van der Waals surface area contributed by atoms with Crippen molar-refractivity contribution in [3.8, 4) is 0 Å². The molecule has 22 heavy (non-hydrogen) atoms. The largest absolute Gasteiger partial charge is 0.366 e. The van der Waals surface area contributed by atoms with Crippen LogP contribution in [0.4, 0.5) is 0 Å². The Morgan fingerprint density at radius 1 is 1.00 bits per heavy atom. The molecule has 0 aromatic heterocycles. The van der Waals surface area contributed by atoms with Crippen LogP contribution in [0.5, 0.6) is 0 Å². The number of aliphatic hydroxyl groups excluding tert-OH is 1. The fraction of sp³-hybridized carbons (Fsp3) is 0.333. The summed E-state index contributed by atoms with van der Waals surface area (Å²) in [5.41, 5.74) is 1.81. The monoisotopic (exact) mass is 294 g/mol. The fourth-order valence-electron chi connectivity index (χ4n) is 3.91. The van der Waals surface area contributed by atoms with E-state index in [-0.39, 0.29) is 17.3 Å². The molecule has 5 atom stereocenters. The van der Waals surface area contributed by atoms with E-state index < -0.39 is 6.29 Å². The first-order chi connectivity index (χ1) is 10.8. The first kappa shape index (κ1) is 12.8. The zero-order chi connectivity index (χ0) is 14.8. The van der Waals surface area contributed by atoms with Crippen LogP contribution in [0.2, 0.25) is 0 Å². The summed E-state index contributed by atoms with van der Waals surface area (Å²) in [6.45, 7) is 1.73. The number of aliphatic hydroxyl groups is 1. The quantitative estimate of drug-likeness (QED) is 0.840. The minimum absolute atomic E-state index is 0.120. The lowest BCUT2D eigenvalue weighted by Crippen LogP contribution is -2.37. The molecule has 0 bridgehead atoms. The van der Waals surface area contributed by atoms with Gasteiger partial charge in [-0.1, -0.05) is 60.7 Å². The molecule has 3 saturated heterocycles. The highest BCUT2D eigenvalue weighted by atomic mass is 16.6. The summed E-state index contributed by atoms with van der Waals surface area (Å²) in [5, 5.41) is 14.0. The van der Waals surface area contributed by atoms with Gasteiger partial charge >= 0.3 is 0 Å². The highest BCUT2D eigenvalue weighted by Crippen LogP contribution is 2.58. The number of hydrogen-bond acceptors (Lipinski definition) is 4. The molecular formula is C18H18N2O2. The van der Waals surface area contributed by atoms with Crippen LogP contribution < -0.4 is 5.32 Å². The van der Waals surface area contributed by atoms with Crippen molar-refractivity contribution in [2.24, 2.45) is 0 Å². The summed E-state index contributed by atoms with van der Waals surface area (Å²) >= 11 is 0. The summed E-state index contributed by atoms with van der Waals surface area (Å²) < 4.78 is 5.98. The van der Waals surface area contributed by atoms with E-state index in [2.05, 4.69) is 46.6 Å². The molecule has 0 saturated carbocycles. The van der Waals surface area contributed by atoms with Crippen LogP contribution in [0.1, 0.15) is 11.1 Å². The van der Waals surface area contributed by atoms with Gasteiger partial charge in [0.2, 0.25) is 0 Å². The minimum atomic E-state index is -0.775. The Hall–Kier alpha value is -1.72. The van der Waals surface area contributed by atoms with Crippen LogP contribution >= 0.6 is 0 Å². The number of rotatable bonds is 3. The lowest BCUT2D eigenvalue weighted by Gasteiger charge is -2.24. The molecule has 112 valence electrons. The maximum atomic E-state index is 10.6. The number of hydrogen-bond donors (Lipinski definition) is 2. The molecule has 2 aromatic rings. The average molecular weight is 294 g/mol. The molecule has 4 heteroatoms. The number of benzene rings is 2. The molecule has 2 aromatic carbocycles. The van der Waals surface area contributed by atoms with Gasteiger partial charge in [0.25, 0.3) is 0 Å². The molecule has 3 heterocycles.